The highest BCUT2D eigenvalue weighted by Crippen LogP contribution is 2.51. The molecule has 0 saturated heterocycles. The molecule has 2 aliphatic carbocycles. The summed E-state index contributed by atoms with van der Waals surface area (Å²) < 4.78 is 6.57. The first-order valence-electron chi connectivity index (χ1n) is 5.66. The van der Waals surface area contributed by atoms with E-state index in [4.69, 9.17) is 4.74 Å². The molecule has 1 aromatic rings. The topological polar surface area (TPSA) is 9.23 Å². The second kappa shape index (κ2) is 3.51. The Morgan fingerprint density at radius 2 is 2.07 bits per heavy atom. The predicted molar refractivity (Wildman–Crippen MR) is 64.5 cm³/mol. The molecule has 2 aliphatic rings. The van der Waals surface area contributed by atoms with Crippen molar-refractivity contribution in [1.82, 2.24) is 0 Å². The van der Waals surface area contributed by atoms with Crippen LogP contribution in [0.3, 0.4) is 0 Å². The molecule has 2 heteroatoms. The molecule has 0 heterocycles. The van der Waals surface area contributed by atoms with Gasteiger partial charge in [-0.15, -0.1) is 0 Å². The van der Waals surface area contributed by atoms with Crippen LogP contribution in [-0.4, -0.2) is 7.11 Å². The molecule has 0 aromatic heterocycles. The Bertz CT molecular complexity index is 396. The molecular weight excluding hydrogens is 252 g/mol. The van der Waals surface area contributed by atoms with Crippen molar-refractivity contribution in [2.24, 2.45) is 5.92 Å². The first-order valence-corrected chi connectivity index (χ1v) is 6.45. The molecule has 1 atom stereocenters. The van der Waals surface area contributed by atoms with Crippen LogP contribution >= 0.6 is 15.9 Å². The lowest BCUT2D eigenvalue weighted by atomic mass is 9.96. The lowest BCUT2D eigenvalue weighted by Crippen LogP contribution is -1.96. The van der Waals surface area contributed by atoms with Crippen LogP contribution in [0.25, 0.3) is 0 Å². The van der Waals surface area contributed by atoms with Crippen molar-refractivity contribution in [1.29, 1.82) is 0 Å². The van der Waals surface area contributed by atoms with Crippen molar-refractivity contribution in [3.8, 4) is 5.75 Å². The minimum absolute atomic E-state index is 0.811. The van der Waals surface area contributed by atoms with E-state index in [0.29, 0.717) is 0 Å². The maximum atomic E-state index is 5.34. The van der Waals surface area contributed by atoms with Gasteiger partial charge in [-0.2, -0.15) is 0 Å². The number of hydrogen-bond acceptors (Lipinski definition) is 1. The number of rotatable bonds is 2. The molecule has 80 valence electrons. The molecular formula is C13H15BrO. The van der Waals surface area contributed by atoms with Crippen molar-refractivity contribution in [2.45, 2.75) is 31.6 Å². The normalized spacial score (nSPS) is 24.0. The monoisotopic (exact) mass is 266 g/mol. The van der Waals surface area contributed by atoms with Crippen LogP contribution < -0.4 is 4.74 Å². The van der Waals surface area contributed by atoms with Gasteiger partial charge >= 0.3 is 0 Å². The smallest absolute Gasteiger partial charge is 0.120 e. The van der Waals surface area contributed by atoms with Crippen LogP contribution in [0.5, 0.6) is 5.75 Å². The molecule has 0 N–H and O–H groups in total. The molecule has 0 spiro atoms. The molecule has 1 unspecified atom stereocenters. The first-order chi connectivity index (χ1) is 7.29. The van der Waals surface area contributed by atoms with Crippen molar-refractivity contribution in [3.05, 3.63) is 27.7 Å². The lowest BCUT2D eigenvalue weighted by Gasteiger charge is -2.12. The van der Waals surface area contributed by atoms with Crippen LogP contribution in [0.1, 0.15) is 36.3 Å². The zero-order valence-electron chi connectivity index (χ0n) is 8.92. The van der Waals surface area contributed by atoms with E-state index in [2.05, 4.69) is 28.1 Å². The summed E-state index contributed by atoms with van der Waals surface area (Å²) in [4.78, 5) is 0. The molecule has 0 radical (unpaired) electrons. The van der Waals surface area contributed by atoms with Gasteiger partial charge in [0.05, 0.1) is 7.11 Å². The van der Waals surface area contributed by atoms with Gasteiger partial charge in [-0.25, -0.2) is 0 Å². The Kier molecular flexibility index (Phi) is 2.27. The largest absolute Gasteiger partial charge is 0.497 e. The van der Waals surface area contributed by atoms with Crippen LogP contribution in [0.15, 0.2) is 16.6 Å². The van der Waals surface area contributed by atoms with Gasteiger partial charge in [0.2, 0.25) is 0 Å². The van der Waals surface area contributed by atoms with Crippen LogP contribution in [0.2, 0.25) is 0 Å². The zero-order chi connectivity index (χ0) is 10.4. The van der Waals surface area contributed by atoms with Crippen molar-refractivity contribution < 1.29 is 4.74 Å². The quantitative estimate of drug-likeness (QED) is 0.789. The number of halogens is 1. The average molecular weight is 267 g/mol. The maximum absolute atomic E-state index is 5.34. The molecule has 1 fully saturated rings. The van der Waals surface area contributed by atoms with E-state index in [1.54, 1.807) is 12.7 Å². The molecule has 3 rings (SSSR count). The fourth-order valence-electron chi connectivity index (χ4n) is 2.79. The predicted octanol–water partition coefficient (Wildman–Crippen LogP) is 3.90. The van der Waals surface area contributed by atoms with E-state index in [0.717, 1.165) is 17.6 Å². The van der Waals surface area contributed by atoms with E-state index in [-0.39, 0.29) is 0 Å². The van der Waals surface area contributed by atoms with E-state index in [9.17, 15) is 0 Å². The summed E-state index contributed by atoms with van der Waals surface area (Å²) in [5, 5.41) is 0. The molecule has 0 bridgehead atoms. The van der Waals surface area contributed by atoms with Crippen LogP contribution in [0, 0.1) is 5.92 Å². The Hall–Kier alpha value is -0.500. The molecule has 1 nitrogen and oxygen atoms in total. The van der Waals surface area contributed by atoms with Gasteiger partial charge in [-0.1, -0.05) is 15.9 Å². The summed E-state index contributed by atoms with van der Waals surface area (Å²) in [6.07, 6.45) is 5.44. The Morgan fingerprint density at radius 1 is 1.27 bits per heavy atom. The standard InChI is InChI=1S/C13H15BrO/c1-15-9-6-12-10(8-2-3-8)4-5-11(12)13(14)7-9/h6-8,10H,2-5H2,1H3. The van der Waals surface area contributed by atoms with Crippen molar-refractivity contribution >= 4 is 15.9 Å². The van der Waals surface area contributed by atoms with Gasteiger partial charge in [-0.05, 0) is 60.8 Å². The third kappa shape index (κ3) is 1.59. The minimum atomic E-state index is 0.811. The number of methoxy groups -OCH3 is 1. The second-order valence-electron chi connectivity index (χ2n) is 4.66. The molecule has 1 aromatic carbocycles. The zero-order valence-corrected chi connectivity index (χ0v) is 10.5. The van der Waals surface area contributed by atoms with Gasteiger partial charge < -0.3 is 4.74 Å². The fraction of sp³-hybridized carbons (Fsp3) is 0.538. The lowest BCUT2D eigenvalue weighted by molar-refractivity contribution is 0.413. The minimum Gasteiger partial charge on any atom is -0.497 e. The van der Waals surface area contributed by atoms with Gasteiger partial charge in [-0.3, -0.25) is 0 Å². The Balaban J connectivity index is 2.05. The SMILES string of the molecule is COc1cc(Br)c2c(c1)C(C1CC1)CC2. The third-order valence-corrected chi connectivity index (χ3v) is 4.44. The summed E-state index contributed by atoms with van der Waals surface area (Å²) in [6, 6.07) is 4.34. The molecule has 0 aliphatic heterocycles. The Labute approximate surface area is 99.0 Å². The number of benzene rings is 1. The maximum Gasteiger partial charge on any atom is 0.120 e. The van der Waals surface area contributed by atoms with Crippen LogP contribution in [0.4, 0.5) is 0 Å². The van der Waals surface area contributed by atoms with E-state index >= 15 is 0 Å². The summed E-state index contributed by atoms with van der Waals surface area (Å²) in [5.74, 6) is 2.77. The highest BCUT2D eigenvalue weighted by Gasteiger charge is 2.37. The first kappa shape index (κ1) is 9.71. The number of ether oxygens (including phenoxy) is 1. The summed E-state index contributed by atoms with van der Waals surface area (Å²) in [5.41, 5.74) is 3.07. The number of hydrogen-bond donors (Lipinski definition) is 0. The van der Waals surface area contributed by atoms with Gasteiger partial charge in [0.25, 0.3) is 0 Å². The number of fused-ring (bicyclic) bond motifs is 1. The van der Waals surface area contributed by atoms with Gasteiger partial charge in [0.15, 0.2) is 0 Å². The molecule has 0 amide bonds. The van der Waals surface area contributed by atoms with Crippen molar-refractivity contribution in [2.75, 3.05) is 7.11 Å². The van der Waals surface area contributed by atoms with Gasteiger partial charge in [0, 0.05) is 4.47 Å². The highest BCUT2D eigenvalue weighted by atomic mass is 79.9. The molecule has 1 saturated carbocycles. The summed E-state index contributed by atoms with van der Waals surface area (Å²) in [7, 11) is 1.75. The van der Waals surface area contributed by atoms with E-state index in [1.807, 2.05) is 0 Å². The van der Waals surface area contributed by atoms with Gasteiger partial charge in [0.1, 0.15) is 5.75 Å². The third-order valence-electron chi connectivity index (χ3n) is 3.74. The van der Waals surface area contributed by atoms with Crippen LogP contribution in [-0.2, 0) is 6.42 Å². The highest BCUT2D eigenvalue weighted by molar-refractivity contribution is 9.10. The van der Waals surface area contributed by atoms with E-state index in [1.165, 1.54) is 35.7 Å². The second-order valence-corrected chi connectivity index (χ2v) is 5.51. The van der Waals surface area contributed by atoms with E-state index < -0.39 is 0 Å². The van der Waals surface area contributed by atoms with Crippen molar-refractivity contribution in [3.63, 3.8) is 0 Å². The summed E-state index contributed by atoms with van der Waals surface area (Å²) in [6.45, 7) is 0. The fourth-order valence-corrected chi connectivity index (χ4v) is 3.44. The molecule has 15 heavy (non-hydrogen) atoms. The average Bonchev–Trinajstić information content (AvgIpc) is 2.99. The summed E-state index contributed by atoms with van der Waals surface area (Å²) >= 11 is 3.66. The Morgan fingerprint density at radius 3 is 2.73 bits per heavy atom.